The van der Waals surface area contributed by atoms with E-state index in [1.54, 1.807) is 0 Å². The molecule has 0 radical (unpaired) electrons. The van der Waals surface area contributed by atoms with E-state index in [9.17, 15) is 0 Å². The van der Waals surface area contributed by atoms with Gasteiger partial charge < -0.3 is 5.32 Å². The van der Waals surface area contributed by atoms with Gasteiger partial charge in [-0.15, -0.1) is 0 Å². The van der Waals surface area contributed by atoms with Gasteiger partial charge in [0, 0.05) is 12.1 Å². The van der Waals surface area contributed by atoms with Gasteiger partial charge in [0.2, 0.25) is 0 Å². The van der Waals surface area contributed by atoms with Gasteiger partial charge in [0.05, 0.1) is 11.4 Å². The van der Waals surface area contributed by atoms with E-state index in [2.05, 4.69) is 49.0 Å². The highest BCUT2D eigenvalue weighted by atomic mass is 15.3. The largest absolute Gasteiger partial charge is 0.369 e. The normalized spacial score (nSPS) is 13.4. The van der Waals surface area contributed by atoms with Gasteiger partial charge in [-0.05, 0) is 38.3 Å². The first-order valence-electron chi connectivity index (χ1n) is 7.13. The lowest BCUT2D eigenvalue weighted by atomic mass is 10.1. The number of fused-ring (bicyclic) bond motifs is 1. The lowest BCUT2D eigenvalue weighted by Crippen LogP contribution is -2.06. The first kappa shape index (κ1) is 12.3. The van der Waals surface area contributed by atoms with Gasteiger partial charge in [-0.25, -0.2) is 4.68 Å². The molecule has 0 saturated heterocycles. The standard InChI is InChI=1S/C16H21N3/c1-4-5-14-13-8-9-17-16(13)19(18-14)15-7-6-11(2)10-12(15)3/h6-7,10,17H,4-5,8-9H2,1-3H3. The fraction of sp³-hybridized carbons (Fsp3) is 0.438. The van der Waals surface area contributed by atoms with E-state index in [1.807, 2.05) is 0 Å². The average molecular weight is 255 g/mol. The fourth-order valence-corrected chi connectivity index (χ4v) is 2.90. The molecule has 19 heavy (non-hydrogen) atoms. The van der Waals surface area contributed by atoms with Crippen LogP contribution in [0.1, 0.15) is 35.7 Å². The van der Waals surface area contributed by atoms with E-state index in [1.165, 1.54) is 33.9 Å². The van der Waals surface area contributed by atoms with Crippen molar-refractivity contribution < 1.29 is 0 Å². The molecule has 2 aromatic rings. The summed E-state index contributed by atoms with van der Waals surface area (Å²) in [6.07, 6.45) is 3.33. The predicted molar refractivity (Wildman–Crippen MR) is 79.2 cm³/mol. The Kier molecular flexibility index (Phi) is 3.05. The molecule has 2 heterocycles. The average Bonchev–Trinajstić information content (AvgIpc) is 2.94. The molecule has 1 aliphatic rings. The van der Waals surface area contributed by atoms with Crippen molar-refractivity contribution in [3.63, 3.8) is 0 Å². The molecular weight excluding hydrogens is 234 g/mol. The van der Waals surface area contributed by atoms with Crippen molar-refractivity contribution in [2.45, 2.75) is 40.0 Å². The minimum atomic E-state index is 1.04. The molecule has 3 heteroatoms. The molecule has 0 aliphatic carbocycles. The molecule has 0 saturated carbocycles. The number of benzene rings is 1. The minimum absolute atomic E-state index is 1.04. The Morgan fingerprint density at radius 1 is 1.32 bits per heavy atom. The molecule has 1 aliphatic heterocycles. The molecular formula is C16H21N3. The Hall–Kier alpha value is -1.77. The number of anilines is 1. The summed E-state index contributed by atoms with van der Waals surface area (Å²) in [6, 6.07) is 6.55. The molecule has 1 N–H and O–H groups in total. The number of rotatable bonds is 3. The summed E-state index contributed by atoms with van der Waals surface area (Å²) in [4.78, 5) is 0. The molecule has 1 aromatic carbocycles. The second-order valence-electron chi connectivity index (χ2n) is 5.40. The molecule has 0 amide bonds. The third kappa shape index (κ3) is 2.03. The predicted octanol–water partition coefficient (Wildman–Crippen LogP) is 3.41. The van der Waals surface area contributed by atoms with E-state index in [-0.39, 0.29) is 0 Å². The van der Waals surface area contributed by atoms with Crippen LogP contribution in [0.4, 0.5) is 5.82 Å². The second kappa shape index (κ2) is 4.72. The lowest BCUT2D eigenvalue weighted by molar-refractivity contribution is 0.793. The van der Waals surface area contributed by atoms with E-state index >= 15 is 0 Å². The van der Waals surface area contributed by atoms with Crippen molar-refractivity contribution in [2.75, 3.05) is 11.9 Å². The molecule has 0 spiro atoms. The zero-order valence-electron chi connectivity index (χ0n) is 12.0. The van der Waals surface area contributed by atoms with Crippen molar-refractivity contribution in [3.8, 4) is 5.69 Å². The third-order valence-electron chi connectivity index (χ3n) is 3.80. The zero-order valence-corrected chi connectivity index (χ0v) is 12.0. The van der Waals surface area contributed by atoms with E-state index in [0.29, 0.717) is 0 Å². The van der Waals surface area contributed by atoms with E-state index in [4.69, 9.17) is 5.10 Å². The maximum absolute atomic E-state index is 4.84. The third-order valence-corrected chi connectivity index (χ3v) is 3.80. The van der Waals surface area contributed by atoms with Gasteiger partial charge in [0.1, 0.15) is 5.82 Å². The maximum atomic E-state index is 4.84. The smallest absolute Gasteiger partial charge is 0.133 e. The maximum Gasteiger partial charge on any atom is 0.133 e. The number of nitrogens with one attached hydrogen (secondary N) is 1. The topological polar surface area (TPSA) is 29.9 Å². The summed E-state index contributed by atoms with van der Waals surface area (Å²) in [7, 11) is 0. The Bertz CT molecular complexity index is 611. The van der Waals surface area contributed by atoms with Gasteiger partial charge in [-0.2, -0.15) is 5.10 Å². The Balaban J connectivity index is 2.12. The van der Waals surface area contributed by atoms with Crippen LogP contribution in [0.3, 0.4) is 0 Å². The van der Waals surface area contributed by atoms with Gasteiger partial charge in [0.15, 0.2) is 0 Å². The first-order valence-corrected chi connectivity index (χ1v) is 7.13. The number of aromatic nitrogens is 2. The van der Waals surface area contributed by atoms with Crippen LogP contribution in [0.15, 0.2) is 18.2 Å². The van der Waals surface area contributed by atoms with E-state index < -0.39 is 0 Å². The Morgan fingerprint density at radius 3 is 2.89 bits per heavy atom. The SMILES string of the molecule is CCCc1nn(-c2ccc(C)cc2C)c2c1CCN2. The van der Waals surface area contributed by atoms with Crippen LogP contribution >= 0.6 is 0 Å². The van der Waals surface area contributed by atoms with Crippen LogP contribution in [-0.4, -0.2) is 16.3 Å². The van der Waals surface area contributed by atoms with Crippen LogP contribution in [0, 0.1) is 13.8 Å². The van der Waals surface area contributed by atoms with Crippen molar-refractivity contribution in [3.05, 3.63) is 40.6 Å². The summed E-state index contributed by atoms with van der Waals surface area (Å²) < 4.78 is 2.10. The van der Waals surface area contributed by atoms with Crippen LogP contribution < -0.4 is 5.32 Å². The fourth-order valence-electron chi connectivity index (χ4n) is 2.90. The van der Waals surface area contributed by atoms with Crippen molar-refractivity contribution >= 4 is 5.82 Å². The summed E-state index contributed by atoms with van der Waals surface area (Å²) in [5, 5.41) is 8.32. The number of hydrogen-bond donors (Lipinski definition) is 1. The van der Waals surface area contributed by atoms with Crippen molar-refractivity contribution in [1.29, 1.82) is 0 Å². The van der Waals surface area contributed by atoms with Crippen molar-refractivity contribution in [2.24, 2.45) is 0 Å². The molecule has 0 fully saturated rings. The quantitative estimate of drug-likeness (QED) is 0.911. The molecule has 0 bridgehead atoms. The van der Waals surface area contributed by atoms with Crippen LogP contribution in [0.2, 0.25) is 0 Å². The number of hydrogen-bond acceptors (Lipinski definition) is 2. The summed E-state index contributed by atoms with van der Waals surface area (Å²) in [5.41, 5.74) is 6.46. The highest BCUT2D eigenvalue weighted by molar-refractivity contribution is 5.58. The minimum Gasteiger partial charge on any atom is -0.369 e. The van der Waals surface area contributed by atoms with Gasteiger partial charge in [0.25, 0.3) is 0 Å². The van der Waals surface area contributed by atoms with Crippen LogP contribution in [0.25, 0.3) is 5.69 Å². The van der Waals surface area contributed by atoms with Gasteiger partial charge in [-0.3, -0.25) is 0 Å². The number of aryl methyl sites for hydroxylation is 3. The molecule has 1 aromatic heterocycles. The summed E-state index contributed by atoms with van der Waals surface area (Å²) in [6.45, 7) is 7.54. The lowest BCUT2D eigenvalue weighted by Gasteiger charge is -2.10. The van der Waals surface area contributed by atoms with Gasteiger partial charge in [-0.1, -0.05) is 31.0 Å². The van der Waals surface area contributed by atoms with Crippen molar-refractivity contribution in [1.82, 2.24) is 9.78 Å². The molecule has 3 nitrogen and oxygen atoms in total. The molecule has 100 valence electrons. The van der Waals surface area contributed by atoms with E-state index in [0.717, 1.165) is 25.8 Å². The second-order valence-corrected chi connectivity index (χ2v) is 5.40. The molecule has 3 rings (SSSR count). The highest BCUT2D eigenvalue weighted by Crippen LogP contribution is 2.30. The molecule has 0 unspecified atom stereocenters. The number of nitrogens with zero attached hydrogens (tertiary/aromatic N) is 2. The van der Waals surface area contributed by atoms with Gasteiger partial charge >= 0.3 is 0 Å². The first-order chi connectivity index (χ1) is 9.20. The summed E-state index contributed by atoms with van der Waals surface area (Å²) >= 11 is 0. The van der Waals surface area contributed by atoms with Crippen LogP contribution in [-0.2, 0) is 12.8 Å². The molecule has 0 atom stereocenters. The Labute approximate surface area is 114 Å². The van der Waals surface area contributed by atoms with Crippen LogP contribution in [0.5, 0.6) is 0 Å². The Morgan fingerprint density at radius 2 is 2.16 bits per heavy atom. The zero-order chi connectivity index (χ0) is 13.4. The highest BCUT2D eigenvalue weighted by Gasteiger charge is 2.22. The monoisotopic (exact) mass is 255 g/mol. The summed E-state index contributed by atoms with van der Waals surface area (Å²) in [5.74, 6) is 1.20.